The molecule has 66 valence electrons. The molecule has 0 amide bonds. The molecule has 2 nitrogen and oxygen atoms in total. The number of nitrogens with two attached hydrogens (primary N) is 1. The SMILES string of the molecule is CNSC(C)[C@@H](C)/C=C\CN. The maximum absolute atomic E-state index is 5.34. The normalized spacial score (nSPS) is 17.1. The second kappa shape index (κ2) is 6.70. The highest BCUT2D eigenvalue weighted by atomic mass is 32.2. The molecule has 0 aromatic heterocycles. The zero-order valence-corrected chi connectivity index (χ0v) is 8.32. The van der Waals surface area contributed by atoms with Crippen LogP contribution >= 0.6 is 11.9 Å². The number of nitrogens with one attached hydrogen (secondary N) is 1. The third-order valence-electron chi connectivity index (χ3n) is 1.62. The molecule has 0 aliphatic carbocycles. The molecule has 0 aromatic rings. The summed E-state index contributed by atoms with van der Waals surface area (Å²) in [6.45, 7) is 5.04. The van der Waals surface area contributed by atoms with Gasteiger partial charge in [-0.15, -0.1) is 0 Å². The molecular weight excluding hydrogens is 156 g/mol. The fraction of sp³-hybridized carbons (Fsp3) is 0.750. The Morgan fingerprint density at radius 2 is 2.18 bits per heavy atom. The molecule has 3 heteroatoms. The summed E-state index contributed by atoms with van der Waals surface area (Å²) in [6, 6.07) is 0. The summed E-state index contributed by atoms with van der Waals surface area (Å²) >= 11 is 1.75. The summed E-state index contributed by atoms with van der Waals surface area (Å²) in [7, 11) is 1.94. The first-order valence-corrected chi connectivity index (χ1v) is 4.79. The van der Waals surface area contributed by atoms with Crippen LogP contribution in [0.1, 0.15) is 13.8 Å². The van der Waals surface area contributed by atoms with E-state index >= 15 is 0 Å². The van der Waals surface area contributed by atoms with Crippen LogP contribution in [0.15, 0.2) is 12.2 Å². The van der Waals surface area contributed by atoms with E-state index in [2.05, 4.69) is 24.6 Å². The van der Waals surface area contributed by atoms with E-state index in [0.29, 0.717) is 17.7 Å². The Bertz CT molecular complexity index is 115. The van der Waals surface area contributed by atoms with Crippen LogP contribution in [-0.4, -0.2) is 18.8 Å². The summed E-state index contributed by atoms with van der Waals surface area (Å²) in [6.07, 6.45) is 4.17. The van der Waals surface area contributed by atoms with Crippen molar-refractivity contribution in [3.8, 4) is 0 Å². The first-order chi connectivity index (χ1) is 5.22. The highest BCUT2D eigenvalue weighted by Gasteiger charge is 2.07. The van der Waals surface area contributed by atoms with Crippen LogP contribution in [-0.2, 0) is 0 Å². The molecule has 0 saturated carbocycles. The molecule has 0 aliphatic rings. The van der Waals surface area contributed by atoms with Crippen LogP contribution in [0.2, 0.25) is 0 Å². The zero-order chi connectivity index (χ0) is 8.69. The Kier molecular flexibility index (Phi) is 6.71. The van der Waals surface area contributed by atoms with E-state index in [1.165, 1.54) is 0 Å². The second-order valence-electron chi connectivity index (χ2n) is 2.55. The van der Waals surface area contributed by atoms with E-state index in [4.69, 9.17) is 5.73 Å². The predicted molar refractivity (Wildman–Crippen MR) is 53.5 cm³/mol. The lowest BCUT2D eigenvalue weighted by Gasteiger charge is -2.14. The summed E-state index contributed by atoms with van der Waals surface area (Å²) in [5.74, 6) is 0.580. The number of hydrogen-bond donors (Lipinski definition) is 2. The largest absolute Gasteiger partial charge is 0.327 e. The molecule has 0 aliphatic heterocycles. The number of allylic oxidation sites excluding steroid dienone is 1. The van der Waals surface area contributed by atoms with E-state index in [1.54, 1.807) is 11.9 Å². The average Bonchev–Trinajstić information content (AvgIpc) is 2.00. The van der Waals surface area contributed by atoms with E-state index in [1.807, 2.05) is 13.1 Å². The van der Waals surface area contributed by atoms with E-state index in [0.717, 1.165) is 0 Å². The van der Waals surface area contributed by atoms with Crippen LogP contribution in [0.25, 0.3) is 0 Å². The van der Waals surface area contributed by atoms with Gasteiger partial charge >= 0.3 is 0 Å². The quantitative estimate of drug-likeness (QED) is 0.488. The third-order valence-corrected chi connectivity index (χ3v) is 2.66. The molecule has 0 heterocycles. The Balaban J connectivity index is 3.62. The highest BCUT2D eigenvalue weighted by Crippen LogP contribution is 2.16. The molecule has 0 rings (SSSR count). The van der Waals surface area contributed by atoms with Gasteiger partial charge in [0, 0.05) is 11.8 Å². The van der Waals surface area contributed by atoms with Gasteiger partial charge in [0.15, 0.2) is 0 Å². The number of hydrogen-bond acceptors (Lipinski definition) is 3. The van der Waals surface area contributed by atoms with Crippen LogP contribution in [0.4, 0.5) is 0 Å². The lowest BCUT2D eigenvalue weighted by atomic mass is 10.1. The van der Waals surface area contributed by atoms with Crippen molar-refractivity contribution in [3.05, 3.63) is 12.2 Å². The topological polar surface area (TPSA) is 38.0 Å². The van der Waals surface area contributed by atoms with Crippen LogP contribution in [0.3, 0.4) is 0 Å². The van der Waals surface area contributed by atoms with E-state index < -0.39 is 0 Å². The van der Waals surface area contributed by atoms with Crippen molar-refractivity contribution in [3.63, 3.8) is 0 Å². The summed E-state index contributed by atoms with van der Waals surface area (Å²) in [4.78, 5) is 0. The van der Waals surface area contributed by atoms with Gasteiger partial charge in [0.25, 0.3) is 0 Å². The Morgan fingerprint density at radius 1 is 1.55 bits per heavy atom. The maximum Gasteiger partial charge on any atom is 0.0224 e. The van der Waals surface area contributed by atoms with Crippen molar-refractivity contribution in [2.75, 3.05) is 13.6 Å². The molecule has 0 spiro atoms. The van der Waals surface area contributed by atoms with Gasteiger partial charge in [-0.2, -0.15) is 0 Å². The zero-order valence-electron chi connectivity index (χ0n) is 7.50. The highest BCUT2D eigenvalue weighted by molar-refractivity contribution is 7.98. The van der Waals surface area contributed by atoms with Gasteiger partial charge < -0.3 is 5.73 Å². The molecule has 3 N–H and O–H groups in total. The Morgan fingerprint density at radius 3 is 2.64 bits per heavy atom. The smallest absolute Gasteiger partial charge is 0.0224 e. The standard InChI is InChI=1S/C8H18N2S/c1-7(5-4-6-9)8(2)11-10-3/h4-5,7-8,10H,6,9H2,1-3H3/b5-4-/t7-,8?/m0/s1. The van der Waals surface area contributed by atoms with Gasteiger partial charge in [0.05, 0.1) is 0 Å². The lowest BCUT2D eigenvalue weighted by molar-refractivity contribution is 0.712. The predicted octanol–water partition coefficient (Wildman–Crippen LogP) is 1.39. The lowest BCUT2D eigenvalue weighted by Crippen LogP contribution is -2.12. The van der Waals surface area contributed by atoms with Gasteiger partial charge in [-0.1, -0.05) is 37.9 Å². The van der Waals surface area contributed by atoms with Crippen molar-refractivity contribution < 1.29 is 0 Å². The Hall–Kier alpha value is 0.01000. The second-order valence-corrected chi connectivity index (χ2v) is 3.94. The van der Waals surface area contributed by atoms with Crippen LogP contribution in [0.5, 0.6) is 0 Å². The molecule has 0 saturated heterocycles. The molecule has 0 fully saturated rings. The van der Waals surface area contributed by atoms with E-state index in [-0.39, 0.29) is 0 Å². The first kappa shape index (κ1) is 11.0. The molecule has 0 aromatic carbocycles. The fourth-order valence-electron chi connectivity index (χ4n) is 0.743. The van der Waals surface area contributed by atoms with Crippen molar-refractivity contribution in [1.29, 1.82) is 0 Å². The molecule has 1 unspecified atom stereocenters. The molecular formula is C8H18N2S. The monoisotopic (exact) mass is 174 g/mol. The third kappa shape index (κ3) is 5.30. The summed E-state index contributed by atoms with van der Waals surface area (Å²) in [5, 5.41) is 0.600. The van der Waals surface area contributed by atoms with Gasteiger partial charge in [0.1, 0.15) is 0 Å². The van der Waals surface area contributed by atoms with Gasteiger partial charge in [-0.25, -0.2) is 0 Å². The van der Waals surface area contributed by atoms with Crippen molar-refractivity contribution >= 4 is 11.9 Å². The van der Waals surface area contributed by atoms with Gasteiger partial charge in [-0.05, 0) is 13.0 Å². The van der Waals surface area contributed by atoms with Crippen LogP contribution in [0, 0.1) is 5.92 Å². The molecule has 11 heavy (non-hydrogen) atoms. The minimum atomic E-state index is 0.580. The molecule has 2 atom stereocenters. The minimum Gasteiger partial charge on any atom is -0.327 e. The minimum absolute atomic E-state index is 0.580. The fourth-order valence-corrected chi connectivity index (χ4v) is 1.42. The van der Waals surface area contributed by atoms with Crippen molar-refractivity contribution in [2.45, 2.75) is 19.1 Å². The van der Waals surface area contributed by atoms with Crippen LogP contribution < -0.4 is 10.5 Å². The molecule has 0 bridgehead atoms. The Labute approximate surface area is 73.8 Å². The summed E-state index contributed by atoms with van der Waals surface area (Å²) < 4.78 is 3.08. The summed E-state index contributed by atoms with van der Waals surface area (Å²) in [5.41, 5.74) is 5.34. The van der Waals surface area contributed by atoms with Gasteiger partial charge in [-0.3, -0.25) is 4.72 Å². The van der Waals surface area contributed by atoms with Crippen molar-refractivity contribution in [2.24, 2.45) is 11.7 Å². The first-order valence-electron chi connectivity index (χ1n) is 3.91. The van der Waals surface area contributed by atoms with Gasteiger partial charge in [0.2, 0.25) is 0 Å². The average molecular weight is 174 g/mol. The van der Waals surface area contributed by atoms with E-state index in [9.17, 15) is 0 Å². The number of rotatable bonds is 5. The van der Waals surface area contributed by atoms with Crippen molar-refractivity contribution in [1.82, 2.24) is 4.72 Å². The molecule has 0 radical (unpaired) electrons. The maximum atomic E-state index is 5.34.